The minimum atomic E-state index is -0.285. The third-order valence-electron chi connectivity index (χ3n) is 5.18. The van der Waals surface area contributed by atoms with E-state index in [0.29, 0.717) is 12.1 Å². The molecular formula is C17H24ClN3O2. The van der Waals surface area contributed by atoms with E-state index in [0.717, 1.165) is 19.4 Å². The maximum absolute atomic E-state index is 12.4. The van der Waals surface area contributed by atoms with Crippen molar-refractivity contribution in [3.8, 4) is 5.75 Å². The highest BCUT2D eigenvalue weighted by molar-refractivity contribution is 6.33. The lowest BCUT2D eigenvalue weighted by Crippen LogP contribution is -2.54. The Labute approximate surface area is 141 Å². The molecule has 2 heterocycles. The number of phenols is 1. The van der Waals surface area contributed by atoms with Crippen LogP contribution in [0.25, 0.3) is 0 Å². The van der Waals surface area contributed by atoms with Gasteiger partial charge in [0, 0.05) is 30.7 Å². The molecule has 1 aromatic carbocycles. The Bertz CT molecular complexity index is 608. The van der Waals surface area contributed by atoms with Crippen LogP contribution in [0, 0.1) is 0 Å². The molecule has 2 saturated heterocycles. The van der Waals surface area contributed by atoms with Crippen molar-refractivity contribution in [2.75, 3.05) is 12.3 Å². The lowest BCUT2D eigenvalue weighted by Gasteiger charge is -2.46. The standard InChI is InChI=1S/C17H24ClN3O2/c1-10-3-2-4-12-7-11(5-6-21(10)12)20-17(23)13-8-14(18)15(19)9-16(13)22/h8-12,22H,2-7,19H2,1H3,(H,20,23). The van der Waals surface area contributed by atoms with Gasteiger partial charge in [0.05, 0.1) is 16.3 Å². The normalized spacial score (nSPS) is 28.2. The van der Waals surface area contributed by atoms with Crippen LogP contribution in [0.4, 0.5) is 5.69 Å². The van der Waals surface area contributed by atoms with Gasteiger partial charge >= 0.3 is 0 Å². The monoisotopic (exact) mass is 337 g/mol. The third kappa shape index (κ3) is 3.40. The summed E-state index contributed by atoms with van der Waals surface area (Å²) in [5.41, 5.74) is 6.08. The van der Waals surface area contributed by atoms with Crippen LogP contribution in [0.5, 0.6) is 5.75 Å². The van der Waals surface area contributed by atoms with Crippen molar-refractivity contribution in [1.82, 2.24) is 10.2 Å². The molecule has 0 spiro atoms. The van der Waals surface area contributed by atoms with Gasteiger partial charge in [0.25, 0.3) is 5.91 Å². The molecule has 3 rings (SSSR count). The Hall–Kier alpha value is -1.46. The number of carbonyl (C=O) groups excluding carboxylic acids is 1. The van der Waals surface area contributed by atoms with E-state index in [1.807, 2.05) is 0 Å². The summed E-state index contributed by atoms with van der Waals surface area (Å²) in [7, 11) is 0. The molecule has 0 aromatic heterocycles. The molecule has 1 amide bonds. The number of nitrogen functional groups attached to an aromatic ring is 1. The predicted molar refractivity (Wildman–Crippen MR) is 91.8 cm³/mol. The Morgan fingerprint density at radius 2 is 2.17 bits per heavy atom. The molecule has 2 fully saturated rings. The predicted octanol–water partition coefficient (Wildman–Crippen LogP) is 2.76. The van der Waals surface area contributed by atoms with Gasteiger partial charge in [0.2, 0.25) is 0 Å². The number of hydrogen-bond acceptors (Lipinski definition) is 4. The van der Waals surface area contributed by atoms with Gasteiger partial charge in [-0.3, -0.25) is 9.69 Å². The van der Waals surface area contributed by atoms with Gasteiger partial charge in [-0.15, -0.1) is 0 Å². The highest BCUT2D eigenvalue weighted by Gasteiger charge is 2.34. The van der Waals surface area contributed by atoms with E-state index >= 15 is 0 Å². The molecule has 6 heteroatoms. The fraction of sp³-hybridized carbons (Fsp3) is 0.588. The molecule has 0 radical (unpaired) electrons. The second-order valence-corrected chi connectivity index (χ2v) is 7.16. The first-order chi connectivity index (χ1) is 11.0. The maximum atomic E-state index is 12.4. The van der Waals surface area contributed by atoms with Crippen LogP contribution < -0.4 is 11.1 Å². The lowest BCUT2D eigenvalue weighted by molar-refractivity contribution is 0.0457. The zero-order valence-corrected chi connectivity index (χ0v) is 14.1. The third-order valence-corrected chi connectivity index (χ3v) is 5.51. The molecule has 3 atom stereocenters. The zero-order chi connectivity index (χ0) is 16.6. The topological polar surface area (TPSA) is 78.6 Å². The van der Waals surface area contributed by atoms with E-state index in [9.17, 15) is 9.90 Å². The summed E-state index contributed by atoms with van der Waals surface area (Å²) >= 11 is 5.96. The SMILES string of the molecule is CC1CCCC2CC(NC(=O)c3cc(Cl)c(N)cc3O)CCN12. The highest BCUT2D eigenvalue weighted by Crippen LogP contribution is 2.31. The summed E-state index contributed by atoms with van der Waals surface area (Å²) in [5.74, 6) is -0.417. The fourth-order valence-corrected chi connectivity index (χ4v) is 4.07. The number of nitrogens with one attached hydrogen (secondary N) is 1. The van der Waals surface area contributed by atoms with Crippen molar-refractivity contribution >= 4 is 23.2 Å². The number of amides is 1. The van der Waals surface area contributed by atoms with Gasteiger partial charge in [-0.25, -0.2) is 0 Å². The van der Waals surface area contributed by atoms with Gasteiger partial charge in [0.1, 0.15) is 5.75 Å². The number of nitrogens with two attached hydrogens (primary N) is 1. The Balaban J connectivity index is 1.66. The number of nitrogens with zero attached hydrogens (tertiary/aromatic N) is 1. The first-order valence-corrected chi connectivity index (χ1v) is 8.68. The molecule has 0 aliphatic carbocycles. The van der Waals surface area contributed by atoms with E-state index in [1.54, 1.807) is 0 Å². The number of piperidine rings is 2. The van der Waals surface area contributed by atoms with Gasteiger partial charge in [-0.05, 0) is 38.7 Å². The number of benzene rings is 1. The van der Waals surface area contributed by atoms with E-state index in [4.69, 9.17) is 17.3 Å². The van der Waals surface area contributed by atoms with Crippen molar-refractivity contribution in [3.05, 3.63) is 22.7 Å². The smallest absolute Gasteiger partial charge is 0.255 e. The van der Waals surface area contributed by atoms with E-state index < -0.39 is 0 Å². The van der Waals surface area contributed by atoms with Crippen LogP contribution in [0.2, 0.25) is 5.02 Å². The Morgan fingerprint density at radius 3 is 2.96 bits per heavy atom. The second-order valence-electron chi connectivity index (χ2n) is 6.76. The van der Waals surface area contributed by atoms with Gasteiger partial charge in [-0.2, -0.15) is 0 Å². The molecule has 1 aromatic rings. The molecule has 4 N–H and O–H groups in total. The van der Waals surface area contributed by atoms with Crippen molar-refractivity contribution in [3.63, 3.8) is 0 Å². The van der Waals surface area contributed by atoms with Crippen LogP contribution >= 0.6 is 11.6 Å². The molecule has 23 heavy (non-hydrogen) atoms. The minimum Gasteiger partial charge on any atom is -0.507 e. The largest absolute Gasteiger partial charge is 0.507 e. The van der Waals surface area contributed by atoms with E-state index in [1.165, 1.54) is 31.4 Å². The molecule has 0 saturated carbocycles. The molecule has 5 nitrogen and oxygen atoms in total. The molecule has 2 aliphatic rings. The number of phenolic OH excluding ortho intramolecular Hbond substituents is 1. The molecule has 126 valence electrons. The van der Waals surface area contributed by atoms with E-state index in [2.05, 4.69) is 17.1 Å². The average Bonchev–Trinajstić information content (AvgIpc) is 2.51. The quantitative estimate of drug-likeness (QED) is 0.725. The van der Waals surface area contributed by atoms with Crippen LogP contribution in [0.1, 0.15) is 49.4 Å². The summed E-state index contributed by atoms with van der Waals surface area (Å²) < 4.78 is 0. The fourth-order valence-electron chi connectivity index (χ4n) is 3.90. The summed E-state index contributed by atoms with van der Waals surface area (Å²) in [6.45, 7) is 3.31. The number of fused-ring (bicyclic) bond motifs is 1. The van der Waals surface area contributed by atoms with Crippen LogP contribution in [-0.2, 0) is 0 Å². The number of anilines is 1. The minimum absolute atomic E-state index is 0.131. The van der Waals surface area contributed by atoms with Crippen molar-refractivity contribution in [2.45, 2.75) is 57.2 Å². The lowest BCUT2D eigenvalue weighted by atomic mass is 9.87. The summed E-state index contributed by atoms with van der Waals surface area (Å²) in [6.07, 6.45) is 5.65. The van der Waals surface area contributed by atoms with Crippen LogP contribution in [0.15, 0.2) is 12.1 Å². The number of rotatable bonds is 2. The van der Waals surface area contributed by atoms with Gasteiger partial charge in [-0.1, -0.05) is 18.0 Å². The van der Waals surface area contributed by atoms with Crippen LogP contribution in [-0.4, -0.2) is 40.6 Å². The van der Waals surface area contributed by atoms with Crippen LogP contribution in [0.3, 0.4) is 0 Å². The first-order valence-electron chi connectivity index (χ1n) is 8.30. The number of hydrogen-bond donors (Lipinski definition) is 3. The van der Waals surface area contributed by atoms with Gasteiger partial charge < -0.3 is 16.2 Å². The second kappa shape index (κ2) is 6.57. The van der Waals surface area contributed by atoms with Gasteiger partial charge in [0.15, 0.2) is 0 Å². The molecule has 2 aliphatic heterocycles. The summed E-state index contributed by atoms with van der Waals surface area (Å²) in [4.78, 5) is 15.0. The first kappa shape index (κ1) is 16.4. The Morgan fingerprint density at radius 1 is 1.39 bits per heavy atom. The molecule has 3 unspecified atom stereocenters. The number of carbonyl (C=O) groups is 1. The molecular weight excluding hydrogens is 314 g/mol. The Kier molecular flexibility index (Phi) is 4.69. The van der Waals surface area contributed by atoms with Crippen molar-refractivity contribution in [2.24, 2.45) is 0 Å². The number of halogens is 1. The van der Waals surface area contributed by atoms with Crippen molar-refractivity contribution < 1.29 is 9.90 Å². The highest BCUT2D eigenvalue weighted by atomic mass is 35.5. The number of aromatic hydroxyl groups is 1. The maximum Gasteiger partial charge on any atom is 0.255 e. The molecule has 0 bridgehead atoms. The average molecular weight is 338 g/mol. The van der Waals surface area contributed by atoms with Crippen molar-refractivity contribution in [1.29, 1.82) is 0 Å². The summed E-state index contributed by atoms with van der Waals surface area (Å²) in [6, 6.07) is 4.10. The zero-order valence-electron chi connectivity index (χ0n) is 13.4. The summed E-state index contributed by atoms with van der Waals surface area (Å²) in [5, 5.41) is 13.3. The van der Waals surface area contributed by atoms with E-state index in [-0.39, 0.29) is 34.0 Å².